The van der Waals surface area contributed by atoms with Gasteiger partial charge in [0.05, 0.1) is 10.6 Å². The zero-order valence-corrected chi connectivity index (χ0v) is 18.0. The largest absolute Gasteiger partial charge is 0.320 e. The first-order chi connectivity index (χ1) is 14.9. The first-order valence-electron chi connectivity index (χ1n) is 10.1. The topological polar surface area (TPSA) is 79.6 Å². The molecule has 0 bridgehead atoms. The van der Waals surface area contributed by atoms with Crippen LogP contribution in [-0.4, -0.2) is 48.3 Å². The summed E-state index contributed by atoms with van der Waals surface area (Å²) in [6.07, 6.45) is 3.18. The highest BCUT2D eigenvalue weighted by Crippen LogP contribution is 2.39. The van der Waals surface area contributed by atoms with Gasteiger partial charge in [-0.05, 0) is 57.7 Å². The van der Waals surface area contributed by atoms with Gasteiger partial charge < -0.3 is 9.80 Å². The van der Waals surface area contributed by atoms with Crippen molar-refractivity contribution in [2.24, 2.45) is 0 Å². The summed E-state index contributed by atoms with van der Waals surface area (Å²) in [5.41, 5.74) is 3.95. The fourth-order valence-electron chi connectivity index (χ4n) is 3.57. The minimum atomic E-state index is -0.408. The predicted octanol–water partition coefficient (Wildman–Crippen LogP) is 4.87. The number of aldehydes is 1. The number of pyridine rings is 1. The molecule has 0 aliphatic carbocycles. The second kappa shape index (κ2) is 9.95. The number of aromatic nitrogens is 1. The molecule has 7 nitrogen and oxygen atoms in total. The van der Waals surface area contributed by atoms with Crippen LogP contribution < -0.4 is 4.90 Å². The Hall–Kier alpha value is -3.58. The molecule has 7 heteroatoms. The van der Waals surface area contributed by atoms with E-state index >= 15 is 0 Å². The number of rotatable bonds is 9. The third kappa shape index (κ3) is 5.13. The highest BCUT2D eigenvalue weighted by atomic mass is 16.6. The molecule has 1 aromatic heterocycles. The number of nitrogens with zero attached hydrogens (tertiary/aromatic N) is 4. The molecule has 3 rings (SSSR count). The average Bonchev–Trinajstić information content (AvgIpc) is 2.77. The van der Waals surface area contributed by atoms with E-state index in [0.29, 0.717) is 17.9 Å². The van der Waals surface area contributed by atoms with Crippen molar-refractivity contribution in [3.05, 3.63) is 82.0 Å². The number of hydrogen-bond acceptors (Lipinski definition) is 6. The Morgan fingerprint density at radius 3 is 2.52 bits per heavy atom. The molecule has 0 amide bonds. The van der Waals surface area contributed by atoms with E-state index in [1.165, 1.54) is 6.07 Å². The van der Waals surface area contributed by atoms with Crippen LogP contribution in [0.5, 0.6) is 0 Å². The van der Waals surface area contributed by atoms with Crippen LogP contribution in [-0.2, 0) is 0 Å². The van der Waals surface area contributed by atoms with Crippen LogP contribution in [0.25, 0.3) is 11.1 Å². The molecule has 0 saturated heterocycles. The fraction of sp³-hybridized carbons (Fsp3) is 0.250. The van der Waals surface area contributed by atoms with E-state index in [0.717, 1.165) is 41.6 Å². The summed E-state index contributed by atoms with van der Waals surface area (Å²) in [7, 11) is 3.98. The summed E-state index contributed by atoms with van der Waals surface area (Å²) in [5, 5.41) is 11.7. The van der Waals surface area contributed by atoms with Crippen LogP contribution in [0.1, 0.15) is 22.3 Å². The Labute approximate surface area is 182 Å². The lowest BCUT2D eigenvalue weighted by atomic mass is 9.96. The molecule has 0 N–H and O–H groups in total. The molecule has 0 radical (unpaired) electrons. The monoisotopic (exact) mass is 418 g/mol. The van der Waals surface area contributed by atoms with E-state index in [1.54, 1.807) is 18.3 Å². The molecule has 0 unspecified atom stereocenters. The molecule has 0 spiro atoms. The molecule has 160 valence electrons. The van der Waals surface area contributed by atoms with Gasteiger partial charge in [0, 0.05) is 29.9 Å². The summed E-state index contributed by atoms with van der Waals surface area (Å²) in [5.74, 6) is 0.292. The lowest BCUT2D eigenvalue weighted by Gasteiger charge is -2.27. The van der Waals surface area contributed by atoms with Crippen LogP contribution in [0.15, 0.2) is 60.8 Å². The number of hydrogen-bond donors (Lipinski definition) is 0. The zero-order chi connectivity index (χ0) is 22.4. The van der Waals surface area contributed by atoms with Crippen molar-refractivity contribution in [3.8, 4) is 11.1 Å². The molecule has 0 aliphatic heterocycles. The Kier molecular flexibility index (Phi) is 7.10. The molecule has 0 atom stereocenters. The number of anilines is 2. The highest BCUT2D eigenvalue weighted by Gasteiger charge is 2.24. The lowest BCUT2D eigenvalue weighted by Crippen LogP contribution is -2.25. The van der Waals surface area contributed by atoms with Gasteiger partial charge in [-0.15, -0.1) is 0 Å². The molecule has 1 heterocycles. The molecule has 0 saturated carbocycles. The number of carbonyl (C=O) groups is 1. The molecule has 0 fully saturated rings. The molecular weight excluding hydrogens is 392 g/mol. The summed E-state index contributed by atoms with van der Waals surface area (Å²) >= 11 is 0. The van der Waals surface area contributed by atoms with Gasteiger partial charge in [0.15, 0.2) is 6.29 Å². The van der Waals surface area contributed by atoms with Gasteiger partial charge in [-0.1, -0.05) is 35.9 Å². The molecule has 31 heavy (non-hydrogen) atoms. The van der Waals surface area contributed by atoms with Crippen molar-refractivity contribution in [1.82, 2.24) is 9.88 Å². The van der Waals surface area contributed by atoms with Gasteiger partial charge in [0.2, 0.25) is 5.82 Å². The fourth-order valence-corrected chi connectivity index (χ4v) is 3.57. The summed E-state index contributed by atoms with van der Waals surface area (Å²) < 4.78 is 0. The van der Waals surface area contributed by atoms with E-state index in [2.05, 4.69) is 9.88 Å². The number of benzene rings is 2. The second-order valence-electron chi connectivity index (χ2n) is 7.64. The maximum atomic E-state index is 11.7. The van der Waals surface area contributed by atoms with E-state index in [-0.39, 0.29) is 5.69 Å². The van der Waals surface area contributed by atoms with E-state index in [9.17, 15) is 14.9 Å². The van der Waals surface area contributed by atoms with Gasteiger partial charge in [0.1, 0.15) is 0 Å². The SMILES string of the molecule is Cc1ccc(N(CCCN(C)C)c2ncccc2[N+](=O)[O-])c(-c2ccccc2C=O)c1. The third-order valence-electron chi connectivity index (χ3n) is 5.03. The van der Waals surface area contributed by atoms with Crippen molar-refractivity contribution in [2.45, 2.75) is 13.3 Å². The Balaban J connectivity index is 2.20. The van der Waals surface area contributed by atoms with E-state index < -0.39 is 4.92 Å². The normalized spacial score (nSPS) is 10.8. The number of aryl methyl sites for hydroxylation is 1. The second-order valence-corrected chi connectivity index (χ2v) is 7.64. The Morgan fingerprint density at radius 1 is 1.03 bits per heavy atom. The van der Waals surface area contributed by atoms with Crippen molar-refractivity contribution in [2.75, 3.05) is 32.1 Å². The van der Waals surface area contributed by atoms with Gasteiger partial charge in [0.25, 0.3) is 0 Å². The van der Waals surface area contributed by atoms with Crippen LogP contribution in [0.2, 0.25) is 0 Å². The molecule has 2 aromatic carbocycles. The minimum Gasteiger partial charge on any atom is -0.320 e. The lowest BCUT2D eigenvalue weighted by molar-refractivity contribution is -0.384. The maximum absolute atomic E-state index is 11.7. The van der Waals surface area contributed by atoms with Crippen LogP contribution >= 0.6 is 0 Å². The number of nitro groups is 1. The van der Waals surface area contributed by atoms with Crippen molar-refractivity contribution in [1.29, 1.82) is 0 Å². The Morgan fingerprint density at radius 2 is 1.81 bits per heavy atom. The smallest absolute Gasteiger partial charge is 0.311 e. The highest BCUT2D eigenvalue weighted by molar-refractivity contribution is 5.93. The molecule has 0 aliphatic rings. The maximum Gasteiger partial charge on any atom is 0.311 e. The molecular formula is C24H26N4O3. The zero-order valence-electron chi connectivity index (χ0n) is 18.0. The first-order valence-corrected chi connectivity index (χ1v) is 10.1. The van der Waals surface area contributed by atoms with Gasteiger partial charge in [-0.25, -0.2) is 4.98 Å². The van der Waals surface area contributed by atoms with E-state index in [4.69, 9.17) is 0 Å². The van der Waals surface area contributed by atoms with Gasteiger partial charge >= 0.3 is 5.69 Å². The molecule has 3 aromatic rings. The van der Waals surface area contributed by atoms with Gasteiger partial charge in [-0.3, -0.25) is 14.9 Å². The predicted molar refractivity (Wildman–Crippen MR) is 123 cm³/mol. The number of carbonyl (C=O) groups excluding carboxylic acids is 1. The first kappa shape index (κ1) is 22.1. The quantitative estimate of drug-likeness (QED) is 0.280. The minimum absolute atomic E-state index is 0.0532. The Bertz CT molecular complexity index is 1080. The van der Waals surface area contributed by atoms with E-state index in [1.807, 2.05) is 62.3 Å². The summed E-state index contributed by atoms with van der Waals surface area (Å²) in [6, 6.07) is 16.3. The average molecular weight is 418 g/mol. The standard InChI is InChI=1S/C24H26N4O3/c1-18-11-12-22(21(16-18)20-9-5-4-8-19(20)17-29)27(15-7-14-26(2)3)24-23(28(30)31)10-6-13-25-24/h4-6,8-13,16-17H,7,14-15H2,1-3H3. The van der Waals surface area contributed by atoms with Crippen molar-refractivity contribution >= 4 is 23.5 Å². The van der Waals surface area contributed by atoms with Crippen LogP contribution in [0.3, 0.4) is 0 Å². The van der Waals surface area contributed by atoms with Crippen molar-refractivity contribution in [3.63, 3.8) is 0 Å². The summed E-state index contributed by atoms with van der Waals surface area (Å²) in [4.78, 5) is 31.4. The van der Waals surface area contributed by atoms with Crippen molar-refractivity contribution < 1.29 is 9.72 Å². The third-order valence-corrected chi connectivity index (χ3v) is 5.03. The summed E-state index contributed by atoms with van der Waals surface area (Å²) in [6.45, 7) is 3.34. The van der Waals surface area contributed by atoms with Gasteiger partial charge in [-0.2, -0.15) is 0 Å². The van der Waals surface area contributed by atoms with Crippen LogP contribution in [0.4, 0.5) is 17.2 Å². The van der Waals surface area contributed by atoms with Crippen LogP contribution in [0, 0.1) is 17.0 Å².